The van der Waals surface area contributed by atoms with Crippen molar-refractivity contribution >= 4 is 0 Å². The van der Waals surface area contributed by atoms with Crippen molar-refractivity contribution in [1.29, 1.82) is 0 Å². The van der Waals surface area contributed by atoms with Gasteiger partial charge in [-0.3, -0.25) is 0 Å². The second-order valence-electron chi connectivity index (χ2n) is 4.90. The van der Waals surface area contributed by atoms with Crippen LogP contribution in [-0.4, -0.2) is 57.9 Å². The molecule has 0 heterocycles. The molecule has 1 fully saturated rings. The normalized spacial score (nSPS) is 25.5. The van der Waals surface area contributed by atoms with Crippen LogP contribution in [0.15, 0.2) is 0 Å². The first kappa shape index (κ1) is 13.9. The topological polar surface area (TPSA) is 50.5 Å². The first-order valence-electron chi connectivity index (χ1n) is 6.40. The Kier molecular flexibility index (Phi) is 6.96. The summed E-state index contributed by atoms with van der Waals surface area (Å²) in [4.78, 5) is 2.13. The first-order chi connectivity index (χ1) is 7.74. The highest BCUT2D eigenvalue weighted by Crippen LogP contribution is 2.24. The molecule has 0 saturated heterocycles. The number of nitrogens with one attached hydrogen (secondary N) is 1. The molecule has 0 spiro atoms. The molecule has 96 valence electrons. The van der Waals surface area contributed by atoms with Crippen LogP contribution in [0.25, 0.3) is 0 Å². The molecular weight excluding hydrogens is 202 g/mol. The maximum absolute atomic E-state index is 5.73. The van der Waals surface area contributed by atoms with E-state index in [0.717, 1.165) is 32.8 Å². The highest BCUT2D eigenvalue weighted by molar-refractivity contribution is 4.83. The molecule has 16 heavy (non-hydrogen) atoms. The molecule has 0 radical (unpaired) electrons. The lowest BCUT2D eigenvalue weighted by molar-refractivity contribution is 0.116. The summed E-state index contributed by atoms with van der Waals surface area (Å²) < 4.78 is 5.54. The van der Waals surface area contributed by atoms with Crippen molar-refractivity contribution in [3.05, 3.63) is 0 Å². The highest BCUT2D eigenvalue weighted by atomic mass is 16.5. The van der Waals surface area contributed by atoms with Gasteiger partial charge in [-0.15, -0.1) is 0 Å². The summed E-state index contributed by atoms with van der Waals surface area (Å²) in [6.45, 7) is 4.39. The third-order valence-corrected chi connectivity index (χ3v) is 3.30. The number of likely N-dealkylation sites (N-methyl/N-ethyl adjacent to an activating group) is 1. The van der Waals surface area contributed by atoms with Gasteiger partial charge in [-0.25, -0.2) is 0 Å². The van der Waals surface area contributed by atoms with Crippen LogP contribution in [-0.2, 0) is 4.74 Å². The zero-order chi connectivity index (χ0) is 11.8. The number of nitrogens with two attached hydrogens (primary N) is 1. The second kappa shape index (κ2) is 8.01. The van der Waals surface area contributed by atoms with Crippen LogP contribution in [0.2, 0.25) is 0 Å². The summed E-state index contributed by atoms with van der Waals surface area (Å²) in [6.07, 6.45) is 3.89. The molecule has 1 rings (SSSR count). The van der Waals surface area contributed by atoms with Gasteiger partial charge in [0.15, 0.2) is 0 Å². The van der Waals surface area contributed by atoms with E-state index in [9.17, 15) is 0 Å². The molecule has 0 amide bonds. The SMILES string of the molecule is CN(C)CCOCCNC1CCCC1CN. The van der Waals surface area contributed by atoms with E-state index in [-0.39, 0.29) is 0 Å². The lowest BCUT2D eigenvalue weighted by Gasteiger charge is -2.19. The Labute approximate surface area is 99.5 Å². The Morgan fingerprint density at radius 2 is 2.12 bits per heavy atom. The Balaban J connectivity index is 1.94. The number of hydrogen-bond donors (Lipinski definition) is 2. The highest BCUT2D eigenvalue weighted by Gasteiger charge is 2.24. The minimum absolute atomic E-state index is 0.627. The molecular formula is C12H27N3O. The fraction of sp³-hybridized carbons (Fsp3) is 1.00. The maximum atomic E-state index is 5.73. The van der Waals surface area contributed by atoms with E-state index in [1.807, 2.05) is 0 Å². The van der Waals surface area contributed by atoms with E-state index in [4.69, 9.17) is 10.5 Å². The average Bonchev–Trinajstić information content (AvgIpc) is 2.70. The Hall–Kier alpha value is -0.160. The van der Waals surface area contributed by atoms with E-state index >= 15 is 0 Å². The van der Waals surface area contributed by atoms with Crippen molar-refractivity contribution in [2.45, 2.75) is 25.3 Å². The quantitative estimate of drug-likeness (QED) is 0.587. The molecule has 0 bridgehead atoms. The van der Waals surface area contributed by atoms with E-state index in [0.29, 0.717) is 12.0 Å². The molecule has 1 saturated carbocycles. The van der Waals surface area contributed by atoms with Gasteiger partial charge in [0.25, 0.3) is 0 Å². The number of hydrogen-bond acceptors (Lipinski definition) is 4. The summed E-state index contributed by atoms with van der Waals surface area (Å²) in [5.74, 6) is 0.682. The van der Waals surface area contributed by atoms with Gasteiger partial charge in [-0.05, 0) is 39.4 Å². The van der Waals surface area contributed by atoms with Crippen molar-refractivity contribution in [3.8, 4) is 0 Å². The van der Waals surface area contributed by atoms with Crippen molar-refractivity contribution < 1.29 is 4.74 Å². The molecule has 0 aromatic rings. The molecule has 2 unspecified atom stereocenters. The first-order valence-corrected chi connectivity index (χ1v) is 6.40. The van der Waals surface area contributed by atoms with Crippen LogP contribution < -0.4 is 11.1 Å². The smallest absolute Gasteiger partial charge is 0.0593 e. The lowest BCUT2D eigenvalue weighted by atomic mass is 10.0. The number of nitrogens with zero attached hydrogens (tertiary/aromatic N) is 1. The predicted molar refractivity (Wildman–Crippen MR) is 67.6 cm³/mol. The molecule has 1 aliphatic rings. The summed E-state index contributed by atoms with van der Waals surface area (Å²) in [7, 11) is 4.12. The molecule has 0 aliphatic heterocycles. The molecule has 0 aromatic carbocycles. The van der Waals surface area contributed by atoms with Crippen molar-refractivity contribution in [2.24, 2.45) is 11.7 Å². The largest absolute Gasteiger partial charge is 0.379 e. The summed E-state index contributed by atoms with van der Waals surface area (Å²) in [6, 6.07) is 0.627. The zero-order valence-corrected chi connectivity index (χ0v) is 10.7. The Bertz CT molecular complexity index is 176. The fourth-order valence-corrected chi connectivity index (χ4v) is 2.25. The third kappa shape index (κ3) is 5.25. The number of rotatable bonds is 8. The summed E-state index contributed by atoms with van der Waals surface area (Å²) in [5.41, 5.74) is 5.73. The molecule has 2 atom stereocenters. The van der Waals surface area contributed by atoms with Gasteiger partial charge >= 0.3 is 0 Å². The standard InChI is InChI=1S/C12H27N3O/c1-15(2)7-9-16-8-6-14-12-5-3-4-11(12)10-13/h11-12,14H,3-10,13H2,1-2H3. The van der Waals surface area contributed by atoms with Gasteiger partial charge in [-0.2, -0.15) is 0 Å². The molecule has 4 heteroatoms. The van der Waals surface area contributed by atoms with Crippen LogP contribution in [0.1, 0.15) is 19.3 Å². The monoisotopic (exact) mass is 229 g/mol. The van der Waals surface area contributed by atoms with E-state index < -0.39 is 0 Å². The molecule has 3 N–H and O–H groups in total. The summed E-state index contributed by atoms with van der Waals surface area (Å²) >= 11 is 0. The lowest BCUT2D eigenvalue weighted by Crippen LogP contribution is -2.37. The maximum Gasteiger partial charge on any atom is 0.0593 e. The van der Waals surface area contributed by atoms with Gasteiger partial charge in [-0.1, -0.05) is 6.42 Å². The minimum atomic E-state index is 0.627. The average molecular weight is 229 g/mol. The van der Waals surface area contributed by atoms with E-state index in [1.165, 1.54) is 19.3 Å². The van der Waals surface area contributed by atoms with Crippen LogP contribution in [0.4, 0.5) is 0 Å². The summed E-state index contributed by atoms with van der Waals surface area (Å²) in [5, 5.41) is 3.55. The fourth-order valence-electron chi connectivity index (χ4n) is 2.25. The van der Waals surface area contributed by atoms with Crippen LogP contribution in [0, 0.1) is 5.92 Å². The zero-order valence-electron chi connectivity index (χ0n) is 10.7. The second-order valence-corrected chi connectivity index (χ2v) is 4.90. The van der Waals surface area contributed by atoms with Crippen molar-refractivity contribution in [2.75, 3.05) is 46.9 Å². The van der Waals surface area contributed by atoms with Crippen molar-refractivity contribution in [3.63, 3.8) is 0 Å². The predicted octanol–water partition coefficient (Wildman–Crippen LogP) is 0.282. The van der Waals surface area contributed by atoms with Gasteiger partial charge < -0.3 is 20.7 Å². The van der Waals surface area contributed by atoms with Crippen LogP contribution in [0.5, 0.6) is 0 Å². The molecule has 4 nitrogen and oxygen atoms in total. The van der Waals surface area contributed by atoms with Gasteiger partial charge in [0.2, 0.25) is 0 Å². The van der Waals surface area contributed by atoms with E-state index in [1.54, 1.807) is 0 Å². The van der Waals surface area contributed by atoms with Gasteiger partial charge in [0.1, 0.15) is 0 Å². The van der Waals surface area contributed by atoms with Gasteiger partial charge in [0.05, 0.1) is 13.2 Å². The molecule has 0 aromatic heterocycles. The Morgan fingerprint density at radius 3 is 2.81 bits per heavy atom. The van der Waals surface area contributed by atoms with Crippen molar-refractivity contribution in [1.82, 2.24) is 10.2 Å². The third-order valence-electron chi connectivity index (χ3n) is 3.30. The van der Waals surface area contributed by atoms with E-state index in [2.05, 4.69) is 24.3 Å². The van der Waals surface area contributed by atoms with Crippen LogP contribution >= 0.6 is 0 Å². The van der Waals surface area contributed by atoms with Crippen LogP contribution in [0.3, 0.4) is 0 Å². The van der Waals surface area contributed by atoms with Gasteiger partial charge in [0, 0.05) is 19.1 Å². The number of ether oxygens (including phenoxy) is 1. The Morgan fingerprint density at radius 1 is 1.31 bits per heavy atom. The minimum Gasteiger partial charge on any atom is -0.379 e. The molecule has 1 aliphatic carbocycles.